The average Bonchev–Trinajstić information content (AvgIpc) is 2.30. The number of hydrogen-bond acceptors (Lipinski definition) is 3. The molecule has 4 heteroatoms. The van der Waals surface area contributed by atoms with Gasteiger partial charge in [-0.25, -0.2) is 0 Å². The summed E-state index contributed by atoms with van der Waals surface area (Å²) in [5.41, 5.74) is 0.938. The number of ketones is 2. The van der Waals surface area contributed by atoms with Gasteiger partial charge < -0.3 is 5.11 Å². The SMILES string of the molecule is O=C1CC(c2ccccc2)CC(=O)C1=CO.[K]. The van der Waals surface area contributed by atoms with Crippen molar-refractivity contribution in [2.45, 2.75) is 18.8 Å². The monoisotopic (exact) mass is 255 g/mol. The fourth-order valence-corrected chi connectivity index (χ4v) is 2.00. The standard InChI is InChI=1S/C13H12O3.K/c14-8-11-12(15)6-10(7-13(11)16)9-4-2-1-3-5-9;/h1-5,8,10,14H,6-7H2;. The summed E-state index contributed by atoms with van der Waals surface area (Å²) in [6.07, 6.45) is 1.22. The molecule has 0 bridgehead atoms. The third kappa shape index (κ3) is 3.36. The van der Waals surface area contributed by atoms with Gasteiger partial charge in [-0.2, -0.15) is 0 Å². The fraction of sp³-hybridized carbons (Fsp3) is 0.231. The summed E-state index contributed by atoms with van der Waals surface area (Å²) >= 11 is 0. The molecule has 1 fully saturated rings. The molecule has 1 N–H and O–H groups in total. The normalized spacial score (nSPS) is 19.8. The van der Waals surface area contributed by atoms with E-state index in [1.165, 1.54) is 0 Å². The van der Waals surface area contributed by atoms with Gasteiger partial charge in [0, 0.05) is 64.2 Å². The number of aliphatic hydroxyl groups is 1. The van der Waals surface area contributed by atoms with Crippen LogP contribution in [-0.4, -0.2) is 68.1 Å². The molecule has 1 aromatic carbocycles. The molecule has 1 radical (unpaired) electrons. The molecule has 1 aromatic rings. The summed E-state index contributed by atoms with van der Waals surface area (Å²) in [5.74, 6) is -0.592. The second-order valence-corrected chi connectivity index (χ2v) is 3.90. The largest absolute Gasteiger partial charge is 0.515 e. The van der Waals surface area contributed by atoms with Crippen LogP contribution in [0.2, 0.25) is 0 Å². The number of Topliss-reactive ketones (excluding diaryl/α,β-unsaturated/α-hetero) is 2. The molecular weight excluding hydrogens is 243 g/mol. The predicted molar refractivity (Wildman–Crippen MR) is 64.9 cm³/mol. The van der Waals surface area contributed by atoms with Crippen molar-refractivity contribution in [2.75, 3.05) is 0 Å². The quantitative estimate of drug-likeness (QED) is 0.360. The van der Waals surface area contributed by atoms with Crippen LogP contribution in [0.1, 0.15) is 24.3 Å². The Balaban J connectivity index is 0.00000144. The summed E-state index contributed by atoms with van der Waals surface area (Å²) in [6.45, 7) is 0. The number of aliphatic hydroxyl groups excluding tert-OH is 1. The molecule has 1 aliphatic carbocycles. The Morgan fingerprint density at radius 1 is 1.06 bits per heavy atom. The second kappa shape index (κ2) is 6.61. The van der Waals surface area contributed by atoms with E-state index in [9.17, 15) is 9.59 Å². The van der Waals surface area contributed by atoms with Crippen molar-refractivity contribution >= 4 is 63.0 Å². The molecular formula is C13H12KO3. The topological polar surface area (TPSA) is 54.4 Å². The zero-order valence-corrected chi connectivity index (χ0v) is 12.8. The zero-order chi connectivity index (χ0) is 11.5. The minimum Gasteiger partial charge on any atom is -0.515 e. The van der Waals surface area contributed by atoms with Crippen LogP contribution in [0.25, 0.3) is 0 Å². The van der Waals surface area contributed by atoms with Gasteiger partial charge in [0.2, 0.25) is 0 Å². The Labute approximate surface area is 142 Å². The van der Waals surface area contributed by atoms with Gasteiger partial charge in [0.1, 0.15) is 0 Å². The Hall–Kier alpha value is -0.264. The number of allylic oxidation sites excluding steroid dienone is 1. The van der Waals surface area contributed by atoms with Crippen molar-refractivity contribution in [3.05, 3.63) is 47.7 Å². The maximum Gasteiger partial charge on any atom is 0.170 e. The van der Waals surface area contributed by atoms with Crippen molar-refractivity contribution in [1.82, 2.24) is 0 Å². The van der Waals surface area contributed by atoms with Crippen molar-refractivity contribution in [2.24, 2.45) is 0 Å². The van der Waals surface area contributed by atoms with Crippen molar-refractivity contribution < 1.29 is 14.7 Å². The van der Waals surface area contributed by atoms with Gasteiger partial charge in [0.05, 0.1) is 11.8 Å². The van der Waals surface area contributed by atoms with Crippen LogP contribution in [0.3, 0.4) is 0 Å². The molecule has 17 heavy (non-hydrogen) atoms. The molecule has 0 heterocycles. The predicted octanol–water partition coefficient (Wildman–Crippen LogP) is 1.76. The van der Waals surface area contributed by atoms with Gasteiger partial charge in [-0.1, -0.05) is 30.3 Å². The van der Waals surface area contributed by atoms with E-state index in [0.29, 0.717) is 19.1 Å². The van der Waals surface area contributed by atoms with Crippen LogP contribution in [0.4, 0.5) is 0 Å². The van der Waals surface area contributed by atoms with Crippen LogP contribution >= 0.6 is 0 Å². The van der Waals surface area contributed by atoms with Gasteiger partial charge in [-0.3, -0.25) is 9.59 Å². The van der Waals surface area contributed by atoms with Gasteiger partial charge in [-0.05, 0) is 11.5 Å². The molecule has 1 saturated carbocycles. The number of carbonyl (C=O) groups excluding carboxylic acids is 2. The summed E-state index contributed by atoms with van der Waals surface area (Å²) < 4.78 is 0. The van der Waals surface area contributed by atoms with E-state index >= 15 is 0 Å². The molecule has 3 nitrogen and oxygen atoms in total. The van der Waals surface area contributed by atoms with Crippen LogP contribution in [0, 0.1) is 0 Å². The van der Waals surface area contributed by atoms with E-state index < -0.39 is 0 Å². The summed E-state index contributed by atoms with van der Waals surface area (Å²) in [6, 6.07) is 9.51. The Bertz CT molecular complexity index is 431. The van der Waals surface area contributed by atoms with E-state index in [1.807, 2.05) is 30.3 Å². The first kappa shape index (κ1) is 14.8. The fourth-order valence-electron chi connectivity index (χ4n) is 2.00. The molecule has 0 aromatic heterocycles. The number of rotatable bonds is 1. The first-order valence-corrected chi connectivity index (χ1v) is 5.18. The van der Waals surface area contributed by atoms with Crippen molar-refractivity contribution in [3.63, 3.8) is 0 Å². The van der Waals surface area contributed by atoms with E-state index in [4.69, 9.17) is 5.11 Å². The molecule has 0 unspecified atom stereocenters. The minimum atomic E-state index is -0.271. The van der Waals surface area contributed by atoms with Crippen LogP contribution in [0.5, 0.6) is 0 Å². The summed E-state index contributed by atoms with van der Waals surface area (Å²) in [7, 11) is 0. The van der Waals surface area contributed by atoms with E-state index in [1.54, 1.807) is 0 Å². The van der Waals surface area contributed by atoms with Gasteiger partial charge >= 0.3 is 0 Å². The molecule has 83 valence electrons. The van der Waals surface area contributed by atoms with Gasteiger partial charge in [0.15, 0.2) is 11.6 Å². The Morgan fingerprint density at radius 3 is 2.06 bits per heavy atom. The summed E-state index contributed by atoms with van der Waals surface area (Å²) in [5, 5.41) is 8.78. The number of hydrogen-bond donors (Lipinski definition) is 1. The first-order chi connectivity index (χ1) is 7.72. The van der Waals surface area contributed by atoms with E-state index in [0.717, 1.165) is 5.56 Å². The molecule has 2 rings (SSSR count). The molecule has 0 atom stereocenters. The van der Waals surface area contributed by atoms with E-state index in [-0.39, 0.29) is 74.4 Å². The molecule has 0 amide bonds. The Kier molecular flexibility index (Phi) is 5.75. The minimum absolute atomic E-state index is 0. The van der Waals surface area contributed by atoms with Crippen LogP contribution in [-0.2, 0) is 9.59 Å². The molecule has 0 aliphatic heterocycles. The third-order valence-corrected chi connectivity index (χ3v) is 2.86. The second-order valence-electron chi connectivity index (χ2n) is 3.90. The first-order valence-electron chi connectivity index (χ1n) is 5.18. The van der Waals surface area contributed by atoms with Crippen molar-refractivity contribution in [3.8, 4) is 0 Å². The molecule has 1 aliphatic rings. The average molecular weight is 255 g/mol. The zero-order valence-electron chi connectivity index (χ0n) is 9.72. The smallest absolute Gasteiger partial charge is 0.170 e. The Morgan fingerprint density at radius 2 is 1.59 bits per heavy atom. The molecule has 0 saturated heterocycles. The summed E-state index contributed by atoms with van der Waals surface area (Å²) in [4.78, 5) is 23.1. The third-order valence-electron chi connectivity index (χ3n) is 2.86. The molecule has 0 spiro atoms. The van der Waals surface area contributed by atoms with Crippen molar-refractivity contribution in [1.29, 1.82) is 0 Å². The van der Waals surface area contributed by atoms with E-state index in [2.05, 4.69) is 0 Å². The van der Waals surface area contributed by atoms with Gasteiger partial charge in [-0.15, -0.1) is 0 Å². The van der Waals surface area contributed by atoms with Crippen LogP contribution < -0.4 is 0 Å². The number of benzene rings is 1. The maximum absolute atomic E-state index is 11.6. The maximum atomic E-state index is 11.6. The number of carbonyl (C=O) groups is 2. The van der Waals surface area contributed by atoms with Crippen LogP contribution in [0.15, 0.2) is 42.2 Å². The van der Waals surface area contributed by atoms with Gasteiger partial charge in [0.25, 0.3) is 0 Å².